The van der Waals surface area contributed by atoms with Crippen LogP contribution < -0.4 is 5.73 Å². The molecular weight excluding hydrogens is 709 g/mol. The average Bonchev–Trinajstić information content (AvgIpc) is 3.75. The topological polar surface area (TPSA) is 170 Å². The second-order valence-corrected chi connectivity index (χ2v) is 16.1. The van der Waals surface area contributed by atoms with E-state index in [1.165, 1.54) is 12.4 Å². The highest BCUT2D eigenvalue weighted by Gasteiger charge is 2.52. The van der Waals surface area contributed by atoms with Crippen molar-refractivity contribution in [3.63, 3.8) is 0 Å². The quantitative estimate of drug-likeness (QED) is 0.170. The summed E-state index contributed by atoms with van der Waals surface area (Å²) in [5.41, 5.74) is 13.2. The van der Waals surface area contributed by atoms with Crippen molar-refractivity contribution in [2.45, 2.75) is 64.2 Å². The number of likely N-dealkylation sites (tertiary alicyclic amines) is 2. The molecule has 5 aromatic rings. The number of hydrogen-bond acceptors (Lipinski definition) is 8. The Morgan fingerprint density at radius 2 is 1.20 bits per heavy atom. The van der Waals surface area contributed by atoms with E-state index in [9.17, 15) is 19.2 Å². The number of nitrogens with zero attached hydrogens (tertiary/aromatic N) is 7. The van der Waals surface area contributed by atoms with Crippen molar-refractivity contribution in [2.75, 3.05) is 18.8 Å². The molecule has 2 saturated heterocycles. The summed E-state index contributed by atoms with van der Waals surface area (Å²) >= 11 is 0. The molecule has 56 heavy (non-hydrogen) atoms. The third kappa shape index (κ3) is 7.58. The summed E-state index contributed by atoms with van der Waals surface area (Å²) in [4.78, 5) is 56.2. The maximum absolute atomic E-state index is 12.9. The monoisotopic (exact) mass is 752 g/mol. The molecule has 5 atom stereocenters. The van der Waals surface area contributed by atoms with E-state index in [2.05, 4.69) is 39.4 Å². The molecule has 5 aliphatic rings. The Kier molecular flexibility index (Phi) is 9.22. The molecule has 4 fully saturated rings. The Labute approximate surface area is 324 Å². The Morgan fingerprint density at radius 1 is 0.696 bits per heavy atom. The maximum Gasteiger partial charge on any atom is 0.338 e. The first kappa shape index (κ1) is 35.6. The molecule has 0 spiro atoms. The molecule has 3 N–H and O–H groups in total. The Bertz CT molecular complexity index is 2310. The number of benzene rings is 2. The first-order chi connectivity index (χ1) is 27.1. The Morgan fingerprint density at radius 3 is 1.68 bits per heavy atom. The lowest BCUT2D eigenvalue weighted by Crippen LogP contribution is -2.27. The maximum atomic E-state index is 12.9. The number of ketones is 1. The van der Waals surface area contributed by atoms with Crippen LogP contribution in [0.2, 0.25) is 0 Å². The van der Waals surface area contributed by atoms with Crippen LogP contribution >= 0.6 is 0 Å². The molecule has 3 aliphatic carbocycles. The third-order valence-electron chi connectivity index (χ3n) is 12.0. The molecule has 13 nitrogen and oxygen atoms in total. The van der Waals surface area contributed by atoms with Gasteiger partial charge in [-0.2, -0.15) is 10.2 Å². The predicted octanol–water partition coefficient (Wildman–Crippen LogP) is 4.80. The summed E-state index contributed by atoms with van der Waals surface area (Å²) in [6, 6.07) is 20.2. The van der Waals surface area contributed by atoms with Crippen molar-refractivity contribution in [2.24, 2.45) is 23.7 Å². The summed E-state index contributed by atoms with van der Waals surface area (Å²) in [7, 11) is 0. The van der Waals surface area contributed by atoms with Crippen LogP contribution in [-0.2, 0) is 42.2 Å². The van der Waals surface area contributed by atoms with E-state index in [0.29, 0.717) is 79.5 Å². The first-order valence-corrected chi connectivity index (χ1v) is 19.4. The molecule has 0 bridgehead atoms. The van der Waals surface area contributed by atoms with Crippen LogP contribution in [0.3, 0.4) is 0 Å². The SMILES string of the molecule is Nc1ccc2c(n1)CC[C@H]2CC(=O)c1cnn(Cc2ccc(CN3C[C@H]4C[C@H]4C3=O)cc2)c1.O=C(O)c1cnn(Cc2ccc(CN3C[C@H]4C[C@H]4C3=O)cc2)c1. The van der Waals surface area contributed by atoms with Crippen molar-refractivity contribution < 1.29 is 24.3 Å². The molecule has 286 valence electrons. The smallest absolute Gasteiger partial charge is 0.338 e. The number of carbonyl (C=O) groups excluding carboxylic acids is 3. The molecular formula is C43H44N8O5. The lowest BCUT2D eigenvalue weighted by atomic mass is 9.95. The van der Waals surface area contributed by atoms with Gasteiger partial charge in [0.15, 0.2) is 5.78 Å². The van der Waals surface area contributed by atoms with Gasteiger partial charge in [0.25, 0.3) is 0 Å². The highest BCUT2D eigenvalue weighted by molar-refractivity contribution is 5.96. The molecule has 10 rings (SSSR count). The van der Waals surface area contributed by atoms with Crippen molar-refractivity contribution in [1.82, 2.24) is 34.3 Å². The number of Topliss-reactive ketones (excluding diaryl/α,β-unsaturated/α-hetero) is 1. The number of hydrogen-bond donors (Lipinski definition) is 2. The van der Waals surface area contributed by atoms with Crippen LogP contribution in [-0.4, -0.2) is 76.1 Å². The van der Waals surface area contributed by atoms with Gasteiger partial charge in [0.1, 0.15) is 5.82 Å². The summed E-state index contributed by atoms with van der Waals surface area (Å²) in [5, 5.41) is 17.3. The van der Waals surface area contributed by atoms with E-state index in [-0.39, 0.29) is 17.3 Å². The van der Waals surface area contributed by atoms with Gasteiger partial charge in [-0.3, -0.25) is 23.7 Å². The van der Waals surface area contributed by atoms with Crippen molar-refractivity contribution in [3.8, 4) is 0 Å². The lowest BCUT2D eigenvalue weighted by Gasteiger charge is -2.18. The van der Waals surface area contributed by atoms with Gasteiger partial charge in [0.05, 0.1) is 36.6 Å². The molecule has 2 saturated carbocycles. The number of carbonyl (C=O) groups is 4. The molecule has 2 aromatic carbocycles. The Balaban J connectivity index is 0.000000156. The summed E-state index contributed by atoms with van der Waals surface area (Å²) < 4.78 is 3.42. The molecule has 13 heteroatoms. The van der Waals surface area contributed by atoms with E-state index >= 15 is 0 Å². The van der Waals surface area contributed by atoms with Crippen molar-refractivity contribution >= 4 is 29.4 Å². The fourth-order valence-electron chi connectivity index (χ4n) is 8.59. The number of carboxylic acids is 1. The number of rotatable bonds is 12. The number of aryl methyl sites for hydroxylation is 1. The highest BCUT2D eigenvalue weighted by Crippen LogP contribution is 2.47. The van der Waals surface area contributed by atoms with Crippen LogP contribution in [0, 0.1) is 23.7 Å². The average molecular weight is 753 g/mol. The minimum Gasteiger partial charge on any atom is -0.478 e. The first-order valence-electron chi connectivity index (χ1n) is 19.4. The zero-order valence-electron chi connectivity index (χ0n) is 31.0. The van der Waals surface area contributed by atoms with E-state index in [1.807, 2.05) is 57.1 Å². The highest BCUT2D eigenvalue weighted by atomic mass is 16.4. The van der Waals surface area contributed by atoms with Crippen LogP contribution in [0.4, 0.5) is 5.82 Å². The largest absolute Gasteiger partial charge is 0.478 e. The van der Waals surface area contributed by atoms with Crippen LogP contribution in [0.15, 0.2) is 85.5 Å². The number of carboxylic acid groups (broad SMARTS) is 1. The minimum atomic E-state index is -0.972. The fourth-order valence-corrected chi connectivity index (χ4v) is 8.59. The molecule has 0 unspecified atom stereocenters. The van der Waals surface area contributed by atoms with Crippen LogP contribution in [0.5, 0.6) is 0 Å². The van der Waals surface area contributed by atoms with Crippen LogP contribution in [0.25, 0.3) is 0 Å². The second kappa shape index (κ2) is 14.5. The van der Waals surface area contributed by atoms with E-state index in [1.54, 1.807) is 10.9 Å². The minimum absolute atomic E-state index is 0.111. The molecule has 0 radical (unpaired) electrons. The van der Waals surface area contributed by atoms with Crippen molar-refractivity contribution in [3.05, 3.63) is 130 Å². The molecule has 5 heterocycles. The van der Waals surface area contributed by atoms with Gasteiger partial charge in [-0.1, -0.05) is 54.6 Å². The standard InChI is InChI=1S/C26H27N5O2.C17H17N3O3/c27-25-8-6-21-18(5-7-23(21)29-25)10-24(32)20-11-28-31(15-20)13-17-3-1-16(2-4-17)12-30-14-19-9-22(19)26(30)33;21-16-15-5-13(15)9-19(16)7-11-1-3-12(4-2-11)8-20-10-14(6-18-20)17(22)23/h1-4,6,8,11,15,18-19,22H,5,7,9-10,12-14H2,(H2,27,29);1-4,6,10,13,15H,5,7-9H2,(H,22,23)/t18-,19+,22+;13-,15-/m01/s1. The van der Waals surface area contributed by atoms with Gasteiger partial charge < -0.3 is 20.6 Å². The van der Waals surface area contributed by atoms with Crippen LogP contribution in [0.1, 0.15) is 85.8 Å². The molecule has 2 aliphatic heterocycles. The third-order valence-corrected chi connectivity index (χ3v) is 12.0. The predicted molar refractivity (Wildman–Crippen MR) is 205 cm³/mol. The number of piperidine rings is 2. The van der Waals surface area contributed by atoms with E-state index in [0.717, 1.165) is 72.3 Å². The summed E-state index contributed by atoms with van der Waals surface area (Å²) in [6.07, 6.45) is 10.8. The number of nitrogens with two attached hydrogens (primary N) is 1. The van der Waals surface area contributed by atoms with Gasteiger partial charge in [-0.05, 0) is 77.3 Å². The summed E-state index contributed by atoms with van der Waals surface area (Å²) in [5.74, 6) is 2.31. The molecule has 3 aromatic heterocycles. The fraction of sp³-hybridized carbons (Fsp3) is 0.372. The van der Waals surface area contributed by atoms with Gasteiger partial charge in [0, 0.05) is 62.5 Å². The number of pyridine rings is 1. The number of nitrogen functional groups attached to an aromatic ring is 1. The number of aromatic nitrogens is 5. The van der Waals surface area contributed by atoms with Crippen molar-refractivity contribution in [1.29, 1.82) is 0 Å². The number of fused-ring (bicyclic) bond motifs is 3. The summed E-state index contributed by atoms with van der Waals surface area (Å²) in [6.45, 7) is 4.31. The Hall–Kier alpha value is -6.11. The van der Waals surface area contributed by atoms with E-state index < -0.39 is 5.97 Å². The second-order valence-electron chi connectivity index (χ2n) is 16.1. The van der Waals surface area contributed by atoms with Gasteiger partial charge >= 0.3 is 5.97 Å². The molecule has 2 amide bonds. The van der Waals surface area contributed by atoms with Gasteiger partial charge in [-0.15, -0.1) is 0 Å². The lowest BCUT2D eigenvalue weighted by molar-refractivity contribution is -0.131. The van der Waals surface area contributed by atoms with E-state index in [4.69, 9.17) is 10.8 Å². The number of anilines is 1. The van der Waals surface area contributed by atoms with Gasteiger partial charge in [0.2, 0.25) is 11.8 Å². The normalized spacial score (nSPS) is 22.7. The zero-order valence-corrected chi connectivity index (χ0v) is 31.0. The number of aromatic carboxylic acids is 1. The zero-order chi connectivity index (χ0) is 38.5. The van der Waals surface area contributed by atoms with Gasteiger partial charge in [-0.25, -0.2) is 9.78 Å². The number of amides is 2.